The molecule has 0 saturated heterocycles. The van der Waals surface area contributed by atoms with Gasteiger partial charge in [-0.1, -0.05) is 161 Å². The van der Waals surface area contributed by atoms with E-state index in [4.69, 9.17) is 23.2 Å². The van der Waals surface area contributed by atoms with Crippen LogP contribution in [0.1, 0.15) is 130 Å². The monoisotopic (exact) mass is 678 g/mol. The first-order valence-corrected chi connectivity index (χ1v) is 19.2. The molecule has 48 heavy (non-hydrogen) atoms. The molecule has 0 aliphatic carbocycles. The van der Waals surface area contributed by atoms with E-state index in [-0.39, 0.29) is 0 Å². The molecule has 4 rings (SSSR count). The van der Waals surface area contributed by atoms with Crippen molar-refractivity contribution in [1.82, 2.24) is 0 Å². The van der Waals surface area contributed by atoms with Crippen LogP contribution in [0.2, 0.25) is 0 Å². The fourth-order valence-electron chi connectivity index (χ4n) is 6.88. The zero-order valence-corrected chi connectivity index (χ0v) is 31.1. The Bertz CT molecular complexity index is 1500. The first-order chi connectivity index (χ1) is 23.4. The maximum atomic E-state index is 6.10. The molecule has 0 bridgehead atoms. The second kappa shape index (κ2) is 20.5. The Kier molecular flexibility index (Phi) is 16.1. The summed E-state index contributed by atoms with van der Waals surface area (Å²) < 4.78 is 0. The van der Waals surface area contributed by atoms with Crippen LogP contribution in [0.3, 0.4) is 0 Å². The van der Waals surface area contributed by atoms with Crippen LogP contribution in [-0.4, -0.2) is 0 Å². The normalized spacial score (nSPS) is 15.2. The van der Waals surface area contributed by atoms with Gasteiger partial charge in [0.05, 0.1) is 0 Å². The molecular formula is C46H56Cl2. The first-order valence-electron chi connectivity index (χ1n) is 18.2. The molecule has 0 heterocycles. The summed E-state index contributed by atoms with van der Waals surface area (Å²) in [6, 6.07) is 39.8. The minimum absolute atomic E-state index is 0.445. The van der Waals surface area contributed by atoms with Gasteiger partial charge in [-0.15, -0.1) is 23.2 Å². The number of alkyl halides is 2. The molecule has 2 heteroatoms. The zero-order valence-electron chi connectivity index (χ0n) is 29.6. The molecule has 0 nitrogen and oxygen atoms in total. The third kappa shape index (κ3) is 12.1. The van der Waals surface area contributed by atoms with E-state index in [9.17, 15) is 0 Å². The van der Waals surface area contributed by atoms with Crippen LogP contribution in [0.25, 0.3) is 0 Å². The van der Waals surface area contributed by atoms with Crippen molar-refractivity contribution < 1.29 is 0 Å². The number of allylic oxidation sites excluding steroid dienone is 4. The summed E-state index contributed by atoms with van der Waals surface area (Å²) in [4.78, 5) is 0. The molecule has 0 saturated carbocycles. The largest absolute Gasteiger partial charge is 0.122 e. The van der Waals surface area contributed by atoms with Crippen molar-refractivity contribution in [2.75, 3.05) is 0 Å². The summed E-state index contributed by atoms with van der Waals surface area (Å²) in [5, 5.41) is 0. The Morgan fingerprint density at radius 2 is 1.10 bits per heavy atom. The number of halogens is 2. The lowest BCUT2D eigenvalue weighted by Gasteiger charge is -2.22. The predicted octanol–water partition coefficient (Wildman–Crippen LogP) is 14.5. The Hall–Kier alpha value is -3.06. The van der Waals surface area contributed by atoms with Crippen LogP contribution >= 0.6 is 23.2 Å². The lowest BCUT2D eigenvalue weighted by molar-refractivity contribution is 0.488. The van der Waals surface area contributed by atoms with Gasteiger partial charge in [0.25, 0.3) is 0 Å². The molecule has 0 aliphatic rings. The Balaban J connectivity index is 1.52. The van der Waals surface area contributed by atoms with Gasteiger partial charge in [0.15, 0.2) is 0 Å². The van der Waals surface area contributed by atoms with Crippen LogP contribution in [0.5, 0.6) is 0 Å². The topological polar surface area (TPSA) is 0 Å². The van der Waals surface area contributed by atoms with Crippen LogP contribution in [0.15, 0.2) is 133 Å². The highest BCUT2D eigenvalue weighted by Gasteiger charge is 2.17. The van der Waals surface area contributed by atoms with Gasteiger partial charge in [-0.2, -0.15) is 0 Å². The second-order valence-electron chi connectivity index (χ2n) is 13.9. The fraction of sp³-hybridized carbons (Fsp3) is 0.391. The van der Waals surface area contributed by atoms with Crippen molar-refractivity contribution in [3.05, 3.63) is 166 Å². The van der Waals surface area contributed by atoms with Gasteiger partial charge < -0.3 is 0 Å². The predicted molar refractivity (Wildman–Crippen MR) is 212 cm³/mol. The van der Waals surface area contributed by atoms with E-state index >= 15 is 0 Å². The molecule has 0 fully saturated rings. The van der Waals surface area contributed by atoms with Crippen molar-refractivity contribution in [1.29, 1.82) is 0 Å². The Labute approximate surface area is 302 Å². The lowest BCUT2D eigenvalue weighted by Crippen LogP contribution is -2.06. The molecule has 0 radical (unpaired) electrons. The maximum absolute atomic E-state index is 6.10. The number of hydrogen-bond donors (Lipinski definition) is 0. The van der Waals surface area contributed by atoms with Gasteiger partial charge in [0.2, 0.25) is 0 Å². The van der Waals surface area contributed by atoms with Crippen LogP contribution in [-0.2, 0) is 11.8 Å². The molecule has 0 amide bonds. The van der Waals surface area contributed by atoms with Crippen molar-refractivity contribution in [3.8, 4) is 0 Å². The smallest absolute Gasteiger partial charge is 0.0474 e. The van der Waals surface area contributed by atoms with E-state index in [1.54, 1.807) is 5.57 Å². The van der Waals surface area contributed by atoms with Crippen LogP contribution in [0.4, 0.5) is 0 Å². The summed E-state index contributed by atoms with van der Waals surface area (Å²) in [5.74, 6) is 3.56. The van der Waals surface area contributed by atoms with Crippen molar-refractivity contribution >= 4 is 23.2 Å². The highest BCUT2D eigenvalue weighted by molar-refractivity contribution is 6.17. The summed E-state index contributed by atoms with van der Waals surface area (Å²) in [6.07, 6.45) is 15.5. The third-order valence-corrected chi connectivity index (χ3v) is 10.8. The van der Waals surface area contributed by atoms with Crippen molar-refractivity contribution in [2.45, 2.75) is 108 Å². The van der Waals surface area contributed by atoms with Crippen LogP contribution < -0.4 is 0 Å². The average molecular weight is 680 g/mol. The van der Waals surface area contributed by atoms with E-state index < -0.39 is 0 Å². The SMILES string of the molecule is CCC(/C=C/C(CC/C(=C\CCC(C)c1ccc(CCl)cc1)CC(C)c1ccccc1)CC(C)c1ccc(CCl)cc1)c1ccccc1. The standard InChI is InChI=1S/C46H56Cl2/c1-5-42(46-17-10-7-11-18-46)26-21-39(32-37(4)45-29-24-41(34-48)25-30-45)20-19-38(31-36(3)43-15-8-6-9-16-43)14-12-13-35(2)44-27-22-40(33-47)23-28-44/h6-11,14-18,21-30,35-37,39,42H,5,12-13,19-20,31-34H2,1-4H3/b26-21+,38-14+. The molecule has 5 atom stereocenters. The molecule has 0 N–H and O–H groups in total. The maximum Gasteiger partial charge on any atom is 0.0474 e. The average Bonchev–Trinajstić information content (AvgIpc) is 3.14. The van der Waals surface area contributed by atoms with Gasteiger partial charge in [0, 0.05) is 17.7 Å². The van der Waals surface area contributed by atoms with E-state index in [2.05, 4.69) is 155 Å². The highest BCUT2D eigenvalue weighted by atomic mass is 35.5. The molecule has 0 aliphatic heterocycles. The molecule has 4 aromatic rings. The quantitative estimate of drug-likeness (QED) is 0.0683. The van der Waals surface area contributed by atoms with E-state index in [0.29, 0.717) is 41.3 Å². The number of hydrogen-bond acceptors (Lipinski definition) is 0. The number of benzene rings is 4. The lowest BCUT2D eigenvalue weighted by atomic mass is 9.83. The molecule has 0 aromatic heterocycles. The first kappa shape index (κ1) is 37.8. The van der Waals surface area contributed by atoms with Gasteiger partial charge in [0.1, 0.15) is 0 Å². The summed E-state index contributed by atoms with van der Waals surface area (Å²) >= 11 is 12.1. The molecular weight excluding hydrogens is 623 g/mol. The molecule has 254 valence electrons. The van der Waals surface area contributed by atoms with Gasteiger partial charge in [-0.3, -0.25) is 0 Å². The highest BCUT2D eigenvalue weighted by Crippen LogP contribution is 2.33. The summed E-state index contributed by atoms with van der Waals surface area (Å²) in [5.41, 5.74) is 9.60. The number of rotatable bonds is 19. The van der Waals surface area contributed by atoms with E-state index in [0.717, 1.165) is 44.9 Å². The summed E-state index contributed by atoms with van der Waals surface area (Å²) in [7, 11) is 0. The Morgan fingerprint density at radius 3 is 1.65 bits per heavy atom. The fourth-order valence-corrected chi connectivity index (χ4v) is 7.24. The minimum atomic E-state index is 0.445. The zero-order chi connectivity index (χ0) is 34.1. The Morgan fingerprint density at radius 1 is 0.583 bits per heavy atom. The van der Waals surface area contributed by atoms with E-state index in [1.165, 1.54) is 33.4 Å². The van der Waals surface area contributed by atoms with Crippen LogP contribution in [0, 0.1) is 5.92 Å². The third-order valence-electron chi connectivity index (χ3n) is 10.2. The molecule has 5 unspecified atom stereocenters. The van der Waals surface area contributed by atoms with Gasteiger partial charge >= 0.3 is 0 Å². The van der Waals surface area contributed by atoms with Crippen molar-refractivity contribution in [3.63, 3.8) is 0 Å². The molecule has 0 spiro atoms. The van der Waals surface area contributed by atoms with E-state index in [1.807, 2.05) is 0 Å². The second-order valence-corrected chi connectivity index (χ2v) is 14.4. The van der Waals surface area contributed by atoms with Crippen molar-refractivity contribution in [2.24, 2.45) is 5.92 Å². The minimum Gasteiger partial charge on any atom is -0.122 e. The van der Waals surface area contributed by atoms with Gasteiger partial charge in [-0.05, 0) is 102 Å². The molecule has 4 aromatic carbocycles. The van der Waals surface area contributed by atoms with Gasteiger partial charge in [-0.25, -0.2) is 0 Å². The summed E-state index contributed by atoms with van der Waals surface area (Å²) in [6.45, 7) is 9.44.